The van der Waals surface area contributed by atoms with E-state index in [1.54, 1.807) is 12.0 Å². The van der Waals surface area contributed by atoms with Crippen LogP contribution in [0.4, 0.5) is 5.69 Å². The lowest BCUT2D eigenvalue weighted by atomic mass is 10.0. The van der Waals surface area contributed by atoms with Gasteiger partial charge in [-0.15, -0.1) is 0 Å². The largest absolute Gasteiger partial charge is 0.502 e. The number of benzene rings is 2. The molecule has 0 spiro atoms. The number of phenolic OH excluding ortho intramolecular Hbond substituents is 1. The molecule has 0 saturated carbocycles. The van der Waals surface area contributed by atoms with Gasteiger partial charge in [0.05, 0.1) is 12.0 Å². The summed E-state index contributed by atoms with van der Waals surface area (Å²) in [5.74, 6) is 0.0310. The van der Waals surface area contributed by atoms with E-state index in [2.05, 4.69) is 0 Å². The highest BCUT2D eigenvalue weighted by Crippen LogP contribution is 2.28. The fraction of sp³-hybridized carbons (Fsp3) is 0.278. The van der Waals surface area contributed by atoms with Crippen LogP contribution in [0.3, 0.4) is 0 Å². The molecule has 0 bridgehead atoms. The smallest absolute Gasteiger partial charge is 0.310 e. The molecule has 0 fully saturated rings. The van der Waals surface area contributed by atoms with Crippen molar-refractivity contribution in [1.82, 2.24) is 4.90 Å². The number of methoxy groups -OCH3 is 1. The minimum Gasteiger partial charge on any atom is -0.502 e. The zero-order valence-corrected chi connectivity index (χ0v) is 13.8. The average molecular weight is 342 g/mol. The molecule has 130 valence electrons. The van der Waals surface area contributed by atoms with Gasteiger partial charge in [0, 0.05) is 24.7 Å². The molecule has 1 amide bonds. The molecule has 0 aliphatic carbocycles. The summed E-state index contributed by atoms with van der Waals surface area (Å²) in [5, 5.41) is 20.5. The Bertz CT molecular complexity index is 834. The number of hydrogen-bond donors (Lipinski definition) is 1. The Morgan fingerprint density at radius 3 is 2.72 bits per heavy atom. The molecule has 0 radical (unpaired) electrons. The lowest BCUT2D eigenvalue weighted by Gasteiger charge is -2.21. The van der Waals surface area contributed by atoms with Gasteiger partial charge in [-0.2, -0.15) is 0 Å². The molecule has 2 aromatic rings. The quantitative estimate of drug-likeness (QED) is 0.684. The van der Waals surface area contributed by atoms with Gasteiger partial charge in [0.25, 0.3) is 5.91 Å². The molecule has 1 heterocycles. The summed E-state index contributed by atoms with van der Waals surface area (Å²) in [6.45, 7) is 1.03. The number of aromatic hydroxyl groups is 1. The maximum atomic E-state index is 12.7. The molecule has 7 heteroatoms. The summed E-state index contributed by atoms with van der Waals surface area (Å²) < 4.78 is 5.25. The Morgan fingerprint density at radius 2 is 2.04 bits per heavy atom. The van der Waals surface area contributed by atoms with Crippen LogP contribution in [0.25, 0.3) is 0 Å². The lowest BCUT2D eigenvalue weighted by Crippen LogP contribution is -2.30. The molecule has 0 unspecified atom stereocenters. The van der Waals surface area contributed by atoms with Crippen molar-refractivity contribution in [2.24, 2.45) is 0 Å². The first-order chi connectivity index (χ1) is 12.0. The number of amides is 1. The number of hydrogen-bond acceptors (Lipinski definition) is 5. The fourth-order valence-corrected chi connectivity index (χ4v) is 3.03. The molecular formula is C18H18N2O5. The van der Waals surface area contributed by atoms with Crippen LogP contribution in [0.1, 0.15) is 27.9 Å². The molecule has 3 rings (SSSR count). The topological polar surface area (TPSA) is 92.9 Å². The Hall–Kier alpha value is -3.09. The number of fused-ring (bicyclic) bond motifs is 1. The summed E-state index contributed by atoms with van der Waals surface area (Å²) in [6.07, 6.45) is 1.66. The number of nitro groups is 1. The van der Waals surface area contributed by atoms with Gasteiger partial charge in [-0.05, 0) is 48.2 Å². The summed E-state index contributed by atoms with van der Waals surface area (Å²) in [4.78, 5) is 24.5. The lowest BCUT2D eigenvalue weighted by molar-refractivity contribution is -0.385. The van der Waals surface area contributed by atoms with E-state index in [1.165, 1.54) is 6.07 Å². The molecule has 0 atom stereocenters. The molecule has 0 aromatic heterocycles. The molecule has 2 aromatic carbocycles. The maximum Gasteiger partial charge on any atom is 0.310 e. The number of nitro benzene ring substituents is 1. The van der Waals surface area contributed by atoms with Crippen LogP contribution in [0, 0.1) is 10.1 Å². The van der Waals surface area contributed by atoms with Crippen LogP contribution >= 0.6 is 0 Å². The first-order valence-corrected chi connectivity index (χ1v) is 7.92. The number of phenols is 1. The minimum atomic E-state index is -0.681. The zero-order valence-electron chi connectivity index (χ0n) is 13.8. The highest BCUT2D eigenvalue weighted by atomic mass is 16.6. The van der Waals surface area contributed by atoms with Crippen molar-refractivity contribution in [3.63, 3.8) is 0 Å². The average Bonchev–Trinajstić information content (AvgIpc) is 2.82. The summed E-state index contributed by atoms with van der Waals surface area (Å²) in [7, 11) is 1.62. The van der Waals surface area contributed by atoms with E-state index < -0.39 is 16.4 Å². The highest BCUT2D eigenvalue weighted by molar-refractivity contribution is 5.95. The number of nitrogens with zero attached hydrogens (tertiary/aromatic N) is 2. The van der Waals surface area contributed by atoms with E-state index in [0.717, 1.165) is 41.9 Å². The first-order valence-electron chi connectivity index (χ1n) is 7.92. The van der Waals surface area contributed by atoms with Crippen LogP contribution in [0.5, 0.6) is 11.5 Å². The Balaban J connectivity index is 1.85. The normalized spacial score (nSPS) is 13.7. The molecule has 7 nitrogen and oxygen atoms in total. The van der Waals surface area contributed by atoms with E-state index >= 15 is 0 Å². The number of carbonyl (C=O) groups is 1. The first kappa shape index (κ1) is 16.8. The van der Waals surface area contributed by atoms with E-state index in [9.17, 15) is 20.0 Å². The summed E-state index contributed by atoms with van der Waals surface area (Å²) >= 11 is 0. The van der Waals surface area contributed by atoms with Crippen LogP contribution in [-0.4, -0.2) is 34.5 Å². The molecule has 0 saturated heterocycles. The third-order valence-corrected chi connectivity index (χ3v) is 4.36. The number of aryl methyl sites for hydroxylation is 1. The second-order valence-electron chi connectivity index (χ2n) is 5.93. The highest BCUT2D eigenvalue weighted by Gasteiger charge is 2.23. The van der Waals surface area contributed by atoms with Crippen LogP contribution in [0.2, 0.25) is 0 Å². The molecular weight excluding hydrogens is 324 g/mol. The van der Waals surface area contributed by atoms with E-state index in [-0.39, 0.29) is 11.5 Å². The standard InChI is InChI=1S/C18H18N2O5/c1-25-15-6-4-14-11-19(8-2-3-12(14)9-15)18(22)13-5-7-16(20(23)24)17(21)10-13/h4-7,9-10,21H,2-3,8,11H2,1H3. The SMILES string of the molecule is COc1ccc2c(c1)CCCN(C(=O)c1ccc([N+](=O)[O-])c(O)c1)C2. The van der Waals surface area contributed by atoms with Gasteiger partial charge < -0.3 is 14.7 Å². The van der Waals surface area contributed by atoms with Gasteiger partial charge in [-0.1, -0.05) is 6.07 Å². The van der Waals surface area contributed by atoms with Crippen molar-refractivity contribution in [2.75, 3.05) is 13.7 Å². The van der Waals surface area contributed by atoms with E-state index in [0.29, 0.717) is 13.1 Å². The van der Waals surface area contributed by atoms with E-state index in [1.807, 2.05) is 18.2 Å². The third-order valence-electron chi connectivity index (χ3n) is 4.36. The Kier molecular flexibility index (Phi) is 4.56. The van der Waals surface area contributed by atoms with Crippen LogP contribution < -0.4 is 4.74 Å². The summed E-state index contributed by atoms with van der Waals surface area (Å²) in [6, 6.07) is 9.48. The van der Waals surface area contributed by atoms with Crippen molar-refractivity contribution in [3.05, 3.63) is 63.2 Å². The number of ether oxygens (including phenoxy) is 1. The second kappa shape index (κ2) is 6.80. The Morgan fingerprint density at radius 1 is 1.24 bits per heavy atom. The van der Waals surface area contributed by atoms with Gasteiger partial charge in [0.1, 0.15) is 5.75 Å². The molecule has 25 heavy (non-hydrogen) atoms. The Labute approximate surface area is 144 Å². The minimum absolute atomic E-state index is 0.236. The predicted octanol–water partition coefficient (Wildman–Crippen LogP) is 2.90. The van der Waals surface area contributed by atoms with E-state index in [4.69, 9.17) is 4.74 Å². The van der Waals surface area contributed by atoms with Crippen molar-refractivity contribution in [1.29, 1.82) is 0 Å². The van der Waals surface area contributed by atoms with Gasteiger partial charge >= 0.3 is 5.69 Å². The maximum absolute atomic E-state index is 12.7. The van der Waals surface area contributed by atoms with Gasteiger partial charge in [0.15, 0.2) is 5.75 Å². The summed E-state index contributed by atoms with van der Waals surface area (Å²) in [5.41, 5.74) is 2.03. The van der Waals surface area contributed by atoms with Crippen molar-refractivity contribution < 1.29 is 19.6 Å². The van der Waals surface area contributed by atoms with Crippen molar-refractivity contribution >= 4 is 11.6 Å². The van der Waals surface area contributed by atoms with Crippen molar-refractivity contribution in [2.45, 2.75) is 19.4 Å². The van der Waals surface area contributed by atoms with Crippen LogP contribution in [0.15, 0.2) is 36.4 Å². The van der Waals surface area contributed by atoms with Crippen molar-refractivity contribution in [3.8, 4) is 11.5 Å². The second-order valence-corrected chi connectivity index (χ2v) is 5.93. The number of carbonyl (C=O) groups excluding carboxylic acids is 1. The number of rotatable bonds is 3. The van der Waals surface area contributed by atoms with Gasteiger partial charge in [0.2, 0.25) is 0 Å². The molecule has 1 aliphatic rings. The van der Waals surface area contributed by atoms with Gasteiger partial charge in [-0.3, -0.25) is 14.9 Å². The fourth-order valence-electron chi connectivity index (χ4n) is 3.03. The predicted molar refractivity (Wildman–Crippen MR) is 90.8 cm³/mol. The monoisotopic (exact) mass is 342 g/mol. The molecule has 1 aliphatic heterocycles. The van der Waals surface area contributed by atoms with Gasteiger partial charge in [-0.25, -0.2) is 0 Å². The van der Waals surface area contributed by atoms with Crippen LogP contribution in [-0.2, 0) is 13.0 Å². The zero-order chi connectivity index (χ0) is 18.0. The molecule has 1 N–H and O–H groups in total. The third kappa shape index (κ3) is 3.40.